The molecule has 0 spiro atoms. The van der Waals surface area contributed by atoms with Crippen molar-refractivity contribution in [2.24, 2.45) is 13.0 Å². The van der Waals surface area contributed by atoms with E-state index in [1.54, 1.807) is 31.3 Å². The van der Waals surface area contributed by atoms with E-state index in [4.69, 9.17) is 9.97 Å². The molecule has 19 heteroatoms. The Morgan fingerprint density at radius 2 is 1.71 bits per heavy atom. The number of rotatable bonds is 11. The fourth-order valence-electron chi connectivity index (χ4n) is 8.11. The van der Waals surface area contributed by atoms with Gasteiger partial charge in [0, 0.05) is 46.7 Å². The highest BCUT2D eigenvalue weighted by Crippen LogP contribution is 2.68. The Hall–Kier alpha value is -6.24. The lowest BCUT2D eigenvalue weighted by atomic mass is 9.94. The van der Waals surface area contributed by atoms with Crippen LogP contribution in [0.15, 0.2) is 72.8 Å². The van der Waals surface area contributed by atoms with E-state index < -0.39 is 75.7 Å². The number of sulfonamides is 1. The molecule has 1 fully saturated rings. The van der Waals surface area contributed by atoms with Crippen molar-refractivity contribution in [1.82, 2.24) is 39.8 Å². The van der Waals surface area contributed by atoms with Crippen LogP contribution in [0.2, 0.25) is 0 Å². The molecule has 3 aromatic carbocycles. The summed E-state index contributed by atoms with van der Waals surface area (Å²) in [6.07, 6.45) is -2.42. The fraction of sp³-hybridized carbons (Fsp3) is 0.256. The van der Waals surface area contributed by atoms with Gasteiger partial charge in [0.25, 0.3) is 12.3 Å². The average Bonchev–Trinajstić information content (AvgIpc) is 3.42. The normalized spacial score (nSPS) is 17.5. The minimum absolute atomic E-state index is 0.0368. The Morgan fingerprint density at radius 1 is 0.966 bits per heavy atom. The summed E-state index contributed by atoms with van der Waals surface area (Å²) >= 11 is 0. The molecule has 7 aromatic rings. The largest absolute Gasteiger partial charge is 0.346 e. The first-order chi connectivity index (χ1) is 27.6. The number of anilines is 1. The van der Waals surface area contributed by atoms with Crippen LogP contribution in [0, 0.1) is 17.6 Å². The molecule has 2 aliphatic carbocycles. The summed E-state index contributed by atoms with van der Waals surface area (Å²) in [5.74, 6) is -7.67. The van der Waals surface area contributed by atoms with Gasteiger partial charge in [0.2, 0.25) is 15.9 Å². The van der Waals surface area contributed by atoms with Crippen LogP contribution < -0.4 is 10.0 Å². The quantitative estimate of drug-likeness (QED) is 0.116. The van der Waals surface area contributed by atoms with Gasteiger partial charge in [0.05, 0.1) is 29.0 Å². The minimum Gasteiger partial charge on any atom is -0.346 e. The molecule has 0 radical (unpaired) electrons. The molecule has 3 atom stereocenters. The van der Waals surface area contributed by atoms with Crippen molar-refractivity contribution >= 4 is 43.8 Å². The number of halogens is 6. The number of carbonyl (C=O) groups excluding carboxylic acids is 1. The second-order valence-corrected chi connectivity index (χ2v) is 16.3. The Labute approximate surface area is 325 Å². The van der Waals surface area contributed by atoms with Crippen molar-refractivity contribution in [2.75, 3.05) is 11.0 Å². The van der Waals surface area contributed by atoms with E-state index in [0.29, 0.717) is 44.1 Å². The lowest BCUT2D eigenvalue weighted by Crippen LogP contribution is -2.35. The number of fused-ring (bicyclic) bond motifs is 5. The topological polar surface area (TPSA) is 152 Å². The molecule has 9 rings (SSSR count). The highest BCUT2D eigenvalue weighted by Gasteiger charge is 2.67. The summed E-state index contributed by atoms with van der Waals surface area (Å²) in [5, 5.41) is 11.3. The zero-order valence-corrected chi connectivity index (χ0v) is 31.3. The van der Waals surface area contributed by atoms with Gasteiger partial charge < -0.3 is 10.3 Å². The number of nitrogens with zero attached hydrogens (tertiary/aromatic N) is 6. The lowest BCUT2D eigenvalue weighted by molar-refractivity contribution is -0.123. The van der Waals surface area contributed by atoms with E-state index in [-0.39, 0.29) is 41.1 Å². The van der Waals surface area contributed by atoms with Crippen molar-refractivity contribution in [3.63, 3.8) is 0 Å². The van der Waals surface area contributed by atoms with Gasteiger partial charge in [-0.3, -0.25) is 18.9 Å². The molecule has 1 saturated carbocycles. The second-order valence-electron chi connectivity index (χ2n) is 14.6. The first kappa shape index (κ1) is 37.3. The van der Waals surface area contributed by atoms with Crippen molar-refractivity contribution in [3.05, 3.63) is 113 Å². The number of aryl methyl sites for hydroxylation is 1. The predicted octanol–water partition coefficient (Wildman–Crippen LogP) is 7.27. The first-order valence-electron chi connectivity index (χ1n) is 18.0. The highest BCUT2D eigenvalue weighted by atomic mass is 32.2. The average molecular weight is 820 g/mol. The van der Waals surface area contributed by atoms with E-state index in [1.165, 1.54) is 4.68 Å². The van der Waals surface area contributed by atoms with E-state index in [0.717, 1.165) is 24.0 Å². The molecule has 58 heavy (non-hydrogen) atoms. The molecule has 2 aliphatic rings. The van der Waals surface area contributed by atoms with Gasteiger partial charge in [-0.15, -0.1) is 0 Å². The number of hydrogen-bond acceptors (Lipinski definition) is 7. The molecule has 3 N–H and O–H groups in total. The lowest BCUT2D eigenvalue weighted by Gasteiger charge is -2.23. The summed E-state index contributed by atoms with van der Waals surface area (Å²) in [6, 6.07) is 17.4. The maximum absolute atomic E-state index is 15.4. The van der Waals surface area contributed by atoms with Crippen LogP contribution in [0.1, 0.15) is 53.0 Å². The monoisotopic (exact) mass is 819 g/mol. The molecule has 0 saturated heterocycles. The molecular weight excluding hydrogens is 789 g/mol. The van der Waals surface area contributed by atoms with Crippen LogP contribution >= 0.6 is 0 Å². The SMILES string of the molecule is Cn1nc(NS(C)(=O)=O)c2cccc(-c3cc4[nH]c(-c5ccccc5)nc4nc3[C@H](Cc3cc(F)cc(F)c3)NC(=O)Cn3nc(C(F)F)c4c3C(F)(F)[C@@H]3C[C@H]43)c21. The molecule has 0 aliphatic heterocycles. The first-order valence-corrected chi connectivity index (χ1v) is 19.9. The van der Waals surface area contributed by atoms with Crippen LogP contribution in [-0.2, 0) is 40.8 Å². The Bertz CT molecular complexity index is 2890. The molecule has 12 nitrogen and oxygen atoms in total. The number of aromatic amines is 1. The second kappa shape index (κ2) is 13.4. The summed E-state index contributed by atoms with van der Waals surface area (Å²) in [6.45, 7) is -0.881. The van der Waals surface area contributed by atoms with Gasteiger partial charge >= 0.3 is 0 Å². The molecule has 1 amide bonds. The number of amides is 1. The number of hydrogen-bond donors (Lipinski definition) is 3. The van der Waals surface area contributed by atoms with E-state index in [1.807, 2.05) is 30.3 Å². The smallest absolute Gasteiger partial charge is 0.293 e. The van der Waals surface area contributed by atoms with Crippen LogP contribution in [0.5, 0.6) is 0 Å². The van der Waals surface area contributed by atoms with E-state index >= 15 is 8.78 Å². The third-order valence-corrected chi connectivity index (χ3v) is 11.0. The third-order valence-electron chi connectivity index (χ3n) is 10.5. The maximum atomic E-state index is 15.4. The molecule has 298 valence electrons. The summed E-state index contributed by atoms with van der Waals surface area (Å²) < 4.78 is 117. The number of para-hydroxylation sites is 1. The Balaban J connectivity index is 1.21. The van der Waals surface area contributed by atoms with Crippen molar-refractivity contribution < 1.29 is 39.6 Å². The van der Waals surface area contributed by atoms with Crippen molar-refractivity contribution in [1.29, 1.82) is 0 Å². The molecule has 4 aromatic heterocycles. The number of benzene rings is 3. The van der Waals surface area contributed by atoms with Gasteiger partial charge in [-0.1, -0.05) is 42.5 Å². The van der Waals surface area contributed by atoms with Gasteiger partial charge in [-0.25, -0.2) is 35.9 Å². The Morgan fingerprint density at radius 3 is 2.41 bits per heavy atom. The maximum Gasteiger partial charge on any atom is 0.293 e. The number of nitrogens with one attached hydrogen (secondary N) is 3. The Kier molecular flexibility index (Phi) is 8.64. The third kappa shape index (κ3) is 6.51. The van der Waals surface area contributed by atoms with Gasteiger partial charge in [0.15, 0.2) is 11.5 Å². The zero-order chi connectivity index (χ0) is 40.8. The van der Waals surface area contributed by atoms with Crippen molar-refractivity contribution in [3.8, 4) is 22.5 Å². The molecular formula is C39H31F6N9O3S. The number of aromatic nitrogens is 7. The molecule has 0 unspecified atom stereocenters. The van der Waals surface area contributed by atoms with E-state index in [2.05, 4.69) is 25.2 Å². The standard InChI is InChI=1S/C39H31F6N9O3S/c1-53-33-22(9-6-10-23(33)37(51-53)52-58(2,56)57)24-16-28-38(49-36(47-28)19-7-4-3-5-8-19)48-31(24)27(13-18-11-20(40)14-21(41)12-18)46-29(55)17-54-34-30(32(50-54)35(42)43)25-15-26(25)39(34,44)45/h3-12,14,16,25-27,35H,13,15,17H2,1-2H3,(H,46,55)(H,51,52)(H,47,48,49)/t25-,26+,27-/m0/s1. The van der Waals surface area contributed by atoms with Crippen LogP contribution in [0.4, 0.5) is 32.2 Å². The summed E-state index contributed by atoms with van der Waals surface area (Å²) in [7, 11) is -2.16. The number of alkyl halides is 4. The van der Waals surface area contributed by atoms with Crippen LogP contribution in [0.25, 0.3) is 44.6 Å². The number of pyridine rings is 1. The number of H-pyrrole nitrogens is 1. The highest BCUT2D eigenvalue weighted by molar-refractivity contribution is 7.92. The van der Waals surface area contributed by atoms with Crippen molar-refractivity contribution in [2.45, 2.75) is 43.7 Å². The van der Waals surface area contributed by atoms with E-state index in [9.17, 15) is 30.8 Å². The molecule has 0 bridgehead atoms. The van der Waals surface area contributed by atoms with Crippen LogP contribution in [0.3, 0.4) is 0 Å². The molecule has 4 heterocycles. The predicted molar refractivity (Wildman–Crippen MR) is 200 cm³/mol. The van der Waals surface area contributed by atoms with Gasteiger partial charge in [0.1, 0.15) is 35.4 Å². The van der Waals surface area contributed by atoms with Gasteiger partial charge in [-0.2, -0.15) is 19.0 Å². The minimum atomic E-state index is -3.76. The van der Waals surface area contributed by atoms with Crippen LogP contribution in [-0.4, -0.2) is 55.1 Å². The summed E-state index contributed by atoms with van der Waals surface area (Å²) in [5.41, 5.74) is 1.04. The zero-order valence-electron chi connectivity index (χ0n) is 30.4. The summed E-state index contributed by atoms with van der Waals surface area (Å²) in [4.78, 5) is 26.9. The number of carbonyl (C=O) groups is 1. The fourth-order valence-corrected chi connectivity index (χ4v) is 8.61. The van der Waals surface area contributed by atoms with Gasteiger partial charge in [-0.05, 0) is 48.6 Å². The number of imidazole rings is 1.